The van der Waals surface area contributed by atoms with E-state index in [4.69, 9.17) is 4.74 Å². The van der Waals surface area contributed by atoms with E-state index in [1.165, 1.54) is 0 Å². The van der Waals surface area contributed by atoms with E-state index in [0.29, 0.717) is 6.61 Å². The first-order valence-electron chi connectivity index (χ1n) is 5.88. The second-order valence-corrected chi connectivity index (χ2v) is 4.50. The Hall–Kier alpha value is -1.55. The van der Waals surface area contributed by atoms with Crippen molar-refractivity contribution >= 4 is 6.09 Å². The van der Waals surface area contributed by atoms with Crippen molar-refractivity contribution in [1.29, 1.82) is 0 Å². The lowest BCUT2D eigenvalue weighted by atomic mass is 10.2. The molecule has 2 N–H and O–H groups in total. The van der Waals surface area contributed by atoms with Gasteiger partial charge in [0.1, 0.15) is 6.61 Å². The van der Waals surface area contributed by atoms with Crippen molar-refractivity contribution in [3.05, 3.63) is 35.9 Å². The molecule has 1 aliphatic carbocycles. The number of hydrogen-bond donors (Lipinski definition) is 2. The van der Waals surface area contributed by atoms with Crippen molar-refractivity contribution in [3.63, 3.8) is 0 Å². The summed E-state index contributed by atoms with van der Waals surface area (Å²) >= 11 is 0. The van der Waals surface area contributed by atoms with Crippen molar-refractivity contribution in [1.82, 2.24) is 10.6 Å². The van der Waals surface area contributed by atoms with Crippen LogP contribution in [0, 0.1) is 0 Å². The molecule has 0 aliphatic heterocycles. The molecule has 0 saturated heterocycles. The van der Waals surface area contributed by atoms with Crippen LogP contribution >= 0.6 is 0 Å². The summed E-state index contributed by atoms with van der Waals surface area (Å²) in [4.78, 5) is 11.6. The summed E-state index contributed by atoms with van der Waals surface area (Å²) in [6.07, 6.45) is 1.71. The number of likely N-dealkylation sites (N-methyl/N-ethyl adjacent to an activating group) is 1. The standard InChI is InChI=1S/C13H18N2O2/c1-14-10-13(7-8-13)15-12(16)17-9-11-5-3-2-4-6-11/h2-6,14H,7-10H2,1H3,(H,15,16). The number of rotatable bonds is 5. The van der Waals surface area contributed by atoms with Crippen LogP contribution in [0.15, 0.2) is 30.3 Å². The smallest absolute Gasteiger partial charge is 0.407 e. The number of hydrogen-bond acceptors (Lipinski definition) is 3. The summed E-state index contributed by atoms with van der Waals surface area (Å²) < 4.78 is 5.17. The van der Waals surface area contributed by atoms with Crippen molar-refractivity contribution in [2.75, 3.05) is 13.6 Å². The minimum Gasteiger partial charge on any atom is -0.445 e. The van der Waals surface area contributed by atoms with E-state index in [2.05, 4.69) is 10.6 Å². The molecule has 17 heavy (non-hydrogen) atoms. The highest BCUT2D eigenvalue weighted by Gasteiger charge is 2.43. The van der Waals surface area contributed by atoms with Crippen molar-refractivity contribution < 1.29 is 9.53 Å². The Kier molecular flexibility index (Phi) is 3.64. The molecule has 0 radical (unpaired) electrons. The van der Waals surface area contributed by atoms with Gasteiger partial charge >= 0.3 is 6.09 Å². The van der Waals surface area contributed by atoms with Gasteiger partial charge in [-0.05, 0) is 25.5 Å². The maximum Gasteiger partial charge on any atom is 0.407 e. The van der Waals surface area contributed by atoms with E-state index < -0.39 is 0 Å². The van der Waals surface area contributed by atoms with Crippen LogP contribution in [0.3, 0.4) is 0 Å². The van der Waals surface area contributed by atoms with Crippen molar-refractivity contribution in [3.8, 4) is 0 Å². The van der Waals surface area contributed by atoms with Crippen molar-refractivity contribution in [2.24, 2.45) is 0 Å². The largest absolute Gasteiger partial charge is 0.445 e. The molecule has 0 atom stereocenters. The van der Waals surface area contributed by atoms with Crippen molar-refractivity contribution in [2.45, 2.75) is 25.0 Å². The Morgan fingerprint density at radius 2 is 2.06 bits per heavy atom. The molecule has 1 aromatic carbocycles. The number of nitrogens with one attached hydrogen (secondary N) is 2. The molecule has 0 spiro atoms. The molecule has 0 heterocycles. The first kappa shape index (κ1) is 11.9. The third kappa shape index (κ3) is 3.46. The fourth-order valence-corrected chi connectivity index (χ4v) is 1.81. The highest BCUT2D eigenvalue weighted by Crippen LogP contribution is 2.34. The maximum atomic E-state index is 11.6. The predicted molar refractivity (Wildman–Crippen MR) is 65.7 cm³/mol. The topological polar surface area (TPSA) is 50.4 Å². The molecule has 2 rings (SSSR count). The van der Waals surface area contributed by atoms with Gasteiger partial charge in [0.25, 0.3) is 0 Å². The molecule has 1 fully saturated rings. The second kappa shape index (κ2) is 5.19. The van der Waals surface area contributed by atoms with Crippen LogP contribution in [0.1, 0.15) is 18.4 Å². The fourth-order valence-electron chi connectivity index (χ4n) is 1.81. The molecule has 1 amide bonds. The molecule has 92 valence electrons. The van der Waals surface area contributed by atoms with Crippen LogP contribution < -0.4 is 10.6 Å². The summed E-state index contributed by atoms with van der Waals surface area (Å²) in [7, 11) is 1.89. The highest BCUT2D eigenvalue weighted by molar-refractivity contribution is 5.69. The van der Waals surface area contributed by atoms with E-state index in [1.807, 2.05) is 37.4 Å². The van der Waals surface area contributed by atoms with E-state index in [9.17, 15) is 4.79 Å². The number of carbonyl (C=O) groups excluding carboxylic acids is 1. The minimum atomic E-state index is -0.332. The van der Waals surface area contributed by atoms with Gasteiger partial charge in [0.05, 0.1) is 5.54 Å². The third-order valence-corrected chi connectivity index (χ3v) is 2.95. The third-order valence-electron chi connectivity index (χ3n) is 2.95. The maximum absolute atomic E-state index is 11.6. The molecule has 1 aromatic rings. The van der Waals surface area contributed by atoms with Gasteiger partial charge in [0.2, 0.25) is 0 Å². The molecule has 4 nitrogen and oxygen atoms in total. The summed E-state index contributed by atoms with van der Waals surface area (Å²) in [6, 6.07) is 9.68. The van der Waals surface area contributed by atoms with Gasteiger partial charge in [-0.2, -0.15) is 0 Å². The quantitative estimate of drug-likeness (QED) is 0.814. The summed E-state index contributed by atoms with van der Waals surface area (Å²) in [5, 5.41) is 5.99. The molecule has 0 aromatic heterocycles. The van der Waals surface area contributed by atoms with Gasteiger partial charge in [-0.1, -0.05) is 30.3 Å². The van der Waals surface area contributed by atoms with Crippen LogP contribution in [-0.4, -0.2) is 25.2 Å². The van der Waals surface area contributed by atoms with Crippen LogP contribution in [0.5, 0.6) is 0 Å². The normalized spacial score (nSPS) is 16.3. The number of carbonyl (C=O) groups is 1. The molecule has 4 heteroatoms. The first-order valence-corrected chi connectivity index (χ1v) is 5.88. The molecule has 0 bridgehead atoms. The molecule has 1 aliphatic rings. The van der Waals surface area contributed by atoms with Crippen LogP contribution in [0.4, 0.5) is 4.79 Å². The number of benzene rings is 1. The van der Waals surface area contributed by atoms with Crippen LogP contribution in [-0.2, 0) is 11.3 Å². The fraction of sp³-hybridized carbons (Fsp3) is 0.462. The molecule has 1 saturated carbocycles. The van der Waals surface area contributed by atoms with Gasteiger partial charge in [-0.15, -0.1) is 0 Å². The van der Waals surface area contributed by atoms with Gasteiger partial charge in [0, 0.05) is 6.54 Å². The van der Waals surface area contributed by atoms with Gasteiger partial charge in [-0.3, -0.25) is 0 Å². The SMILES string of the molecule is CNCC1(NC(=O)OCc2ccccc2)CC1. The Labute approximate surface area is 101 Å². The van der Waals surface area contributed by atoms with Gasteiger partial charge in [0.15, 0.2) is 0 Å². The molecule has 0 unspecified atom stereocenters. The van der Waals surface area contributed by atoms with Crippen LogP contribution in [0.25, 0.3) is 0 Å². The summed E-state index contributed by atoms with van der Waals surface area (Å²) in [6.45, 7) is 1.12. The Morgan fingerprint density at radius 3 is 2.65 bits per heavy atom. The Bertz CT molecular complexity index is 374. The zero-order valence-corrected chi connectivity index (χ0v) is 10.0. The first-order chi connectivity index (χ1) is 8.24. The number of amides is 1. The lowest BCUT2D eigenvalue weighted by Gasteiger charge is -2.16. The molecular weight excluding hydrogens is 216 g/mol. The average Bonchev–Trinajstić information content (AvgIpc) is 3.08. The zero-order chi connectivity index (χ0) is 12.1. The van der Waals surface area contributed by atoms with E-state index in [0.717, 1.165) is 24.9 Å². The van der Waals surface area contributed by atoms with Gasteiger partial charge in [-0.25, -0.2) is 4.79 Å². The second-order valence-electron chi connectivity index (χ2n) is 4.50. The minimum absolute atomic E-state index is 0.0669. The van der Waals surface area contributed by atoms with Gasteiger partial charge < -0.3 is 15.4 Å². The monoisotopic (exact) mass is 234 g/mol. The molecular formula is C13H18N2O2. The average molecular weight is 234 g/mol. The Balaban J connectivity index is 1.75. The van der Waals surface area contributed by atoms with E-state index >= 15 is 0 Å². The van der Waals surface area contributed by atoms with E-state index in [-0.39, 0.29) is 11.6 Å². The number of ether oxygens (including phenoxy) is 1. The van der Waals surface area contributed by atoms with E-state index in [1.54, 1.807) is 0 Å². The van der Waals surface area contributed by atoms with Crippen LogP contribution in [0.2, 0.25) is 0 Å². The summed E-state index contributed by atoms with van der Waals surface area (Å²) in [5.74, 6) is 0. The summed E-state index contributed by atoms with van der Waals surface area (Å²) in [5.41, 5.74) is 0.934. The zero-order valence-electron chi connectivity index (χ0n) is 10.0. The lowest BCUT2D eigenvalue weighted by molar-refractivity contribution is 0.134. The number of alkyl carbamates (subject to hydrolysis) is 1. The Morgan fingerprint density at radius 1 is 1.35 bits per heavy atom. The highest BCUT2D eigenvalue weighted by atomic mass is 16.5. The predicted octanol–water partition coefficient (Wildman–Crippen LogP) is 1.66. The lowest BCUT2D eigenvalue weighted by Crippen LogP contribution is -2.43.